The van der Waals surface area contributed by atoms with Gasteiger partial charge in [-0.05, 0) is 12.0 Å². The Morgan fingerprint density at radius 3 is 2.35 bits per heavy atom. The number of carbonyl (C=O) groups excluding carboxylic acids is 2. The number of amides is 1. The fourth-order valence-corrected chi connectivity index (χ4v) is 1.75. The molecule has 0 radical (unpaired) electrons. The van der Waals surface area contributed by atoms with Crippen molar-refractivity contribution in [3.8, 4) is 0 Å². The predicted molar refractivity (Wildman–Crippen MR) is 75.4 cm³/mol. The van der Waals surface area contributed by atoms with Crippen LogP contribution >= 0.6 is 0 Å². The number of nitrogens with one attached hydrogen (secondary N) is 1. The zero-order valence-electron chi connectivity index (χ0n) is 12.7. The second-order valence-electron chi connectivity index (χ2n) is 4.96. The first-order chi connectivity index (χ1) is 10.7. The molecule has 0 heterocycles. The number of rotatable bonds is 6. The molecule has 0 spiro atoms. The van der Waals surface area contributed by atoms with Gasteiger partial charge in [-0.1, -0.05) is 37.3 Å². The van der Waals surface area contributed by atoms with Crippen molar-refractivity contribution in [1.29, 1.82) is 0 Å². The Hall–Kier alpha value is -2.25. The first kappa shape index (κ1) is 18.8. The third-order valence-electron chi connectivity index (χ3n) is 3.14. The fraction of sp³-hybridized carbons (Fsp3) is 0.467. The maximum absolute atomic E-state index is 12.6. The minimum Gasteiger partial charge on any atom is -0.467 e. The summed E-state index contributed by atoms with van der Waals surface area (Å²) in [5.74, 6) is -2.74. The van der Waals surface area contributed by atoms with Gasteiger partial charge in [0.1, 0.15) is 12.6 Å². The van der Waals surface area contributed by atoms with Gasteiger partial charge in [0.05, 0.1) is 13.0 Å². The first-order valence-corrected chi connectivity index (χ1v) is 6.85. The van der Waals surface area contributed by atoms with Gasteiger partial charge in [0.2, 0.25) is 0 Å². The number of benzene rings is 1. The molecule has 23 heavy (non-hydrogen) atoms. The topological polar surface area (TPSA) is 64.6 Å². The molecule has 1 aromatic carbocycles. The maximum Gasteiger partial charge on any atom is 0.408 e. The molecule has 0 unspecified atom stereocenters. The van der Waals surface area contributed by atoms with Crippen LogP contribution in [0.15, 0.2) is 30.3 Å². The van der Waals surface area contributed by atoms with Crippen LogP contribution in [0.5, 0.6) is 0 Å². The minimum absolute atomic E-state index is 0.0601. The summed E-state index contributed by atoms with van der Waals surface area (Å²) in [6.07, 6.45) is -6.09. The van der Waals surface area contributed by atoms with Crippen molar-refractivity contribution in [1.82, 2.24) is 5.32 Å². The number of ether oxygens (including phenoxy) is 2. The summed E-state index contributed by atoms with van der Waals surface area (Å²) in [6, 6.07) is 7.29. The SMILES string of the molecule is COC(=O)[C@H](C[C@H](C)C(F)(F)F)NC(=O)OCc1ccccc1. The Morgan fingerprint density at radius 1 is 1.22 bits per heavy atom. The molecule has 1 rings (SSSR count). The molecule has 5 nitrogen and oxygen atoms in total. The number of hydrogen-bond donors (Lipinski definition) is 1. The van der Waals surface area contributed by atoms with E-state index in [0.717, 1.165) is 14.0 Å². The van der Waals surface area contributed by atoms with Crippen LogP contribution in [-0.4, -0.2) is 31.4 Å². The highest BCUT2D eigenvalue weighted by molar-refractivity contribution is 5.81. The van der Waals surface area contributed by atoms with Crippen molar-refractivity contribution in [3.05, 3.63) is 35.9 Å². The monoisotopic (exact) mass is 333 g/mol. The van der Waals surface area contributed by atoms with E-state index in [1.165, 1.54) is 0 Å². The van der Waals surface area contributed by atoms with E-state index < -0.39 is 36.6 Å². The smallest absolute Gasteiger partial charge is 0.408 e. The molecule has 1 aromatic rings. The van der Waals surface area contributed by atoms with E-state index in [1.807, 2.05) is 0 Å². The lowest BCUT2D eigenvalue weighted by Crippen LogP contribution is -2.44. The highest BCUT2D eigenvalue weighted by Crippen LogP contribution is 2.29. The zero-order valence-corrected chi connectivity index (χ0v) is 12.7. The summed E-state index contributed by atoms with van der Waals surface area (Å²) in [5.41, 5.74) is 0.709. The summed E-state index contributed by atoms with van der Waals surface area (Å²) in [4.78, 5) is 23.2. The van der Waals surface area contributed by atoms with Crippen molar-refractivity contribution < 1.29 is 32.2 Å². The lowest BCUT2D eigenvalue weighted by molar-refractivity contribution is -0.174. The zero-order chi connectivity index (χ0) is 17.5. The Balaban J connectivity index is 2.59. The molecule has 1 N–H and O–H groups in total. The summed E-state index contributed by atoms with van der Waals surface area (Å²) in [6.45, 7) is 0.863. The van der Waals surface area contributed by atoms with Crippen molar-refractivity contribution >= 4 is 12.1 Å². The molecule has 8 heteroatoms. The molecular weight excluding hydrogens is 315 g/mol. The molecule has 0 saturated heterocycles. The summed E-state index contributed by atoms with van der Waals surface area (Å²) in [5, 5.41) is 2.11. The van der Waals surface area contributed by atoms with Crippen LogP contribution in [-0.2, 0) is 20.9 Å². The molecule has 0 aliphatic rings. The number of carbonyl (C=O) groups is 2. The van der Waals surface area contributed by atoms with E-state index in [1.54, 1.807) is 30.3 Å². The number of hydrogen-bond acceptors (Lipinski definition) is 4. The van der Waals surface area contributed by atoms with Gasteiger partial charge < -0.3 is 14.8 Å². The molecule has 0 bridgehead atoms. The van der Waals surface area contributed by atoms with Gasteiger partial charge in [-0.3, -0.25) is 0 Å². The van der Waals surface area contributed by atoms with E-state index >= 15 is 0 Å². The van der Waals surface area contributed by atoms with Gasteiger partial charge in [-0.25, -0.2) is 9.59 Å². The highest BCUT2D eigenvalue weighted by atomic mass is 19.4. The fourth-order valence-electron chi connectivity index (χ4n) is 1.75. The summed E-state index contributed by atoms with van der Waals surface area (Å²) in [7, 11) is 1.03. The van der Waals surface area contributed by atoms with Crippen molar-refractivity contribution in [2.75, 3.05) is 7.11 Å². The quantitative estimate of drug-likeness (QED) is 0.813. The van der Waals surface area contributed by atoms with Gasteiger partial charge in [-0.15, -0.1) is 0 Å². The van der Waals surface area contributed by atoms with Gasteiger partial charge in [0, 0.05) is 0 Å². The van der Waals surface area contributed by atoms with Gasteiger partial charge in [-0.2, -0.15) is 13.2 Å². The highest BCUT2D eigenvalue weighted by Gasteiger charge is 2.39. The third kappa shape index (κ3) is 6.58. The molecule has 0 saturated carbocycles. The number of halogens is 3. The van der Waals surface area contributed by atoms with Gasteiger partial charge in [0.15, 0.2) is 0 Å². The number of alkyl halides is 3. The van der Waals surface area contributed by atoms with E-state index in [0.29, 0.717) is 5.56 Å². The van der Waals surface area contributed by atoms with Crippen LogP contribution in [0.25, 0.3) is 0 Å². The normalized spacial score (nSPS) is 13.8. The van der Waals surface area contributed by atoms with Gasteiger partial charge >= 0.3 is 18.2 Å². The van der Waals surface area contributed by atoms with Crippen LogP contribution in [0, 0.1) is 5.92 Å². The van der Waals surface area contributed by atoms with Crippen LogP contribution in [0.2, 0.25) is 0 Å². The Morgan fingerprint density at radius 2 is 1.83 bits per heavy atom. The predicted octanol–water partition coefficient (Wildman–Crippen LogP) is 3.04. The van der Waals surface area contributed by atoms with Crippen LogP contribution in [0.4, 0.5) is 18.0 Å². The van der Waals surface area contributed by atoms with E-state index in [4.69, 9.17) is 4.74 Å². The van der Waals surface area contributed by atoms with Crippen molar-refractivity contribution in [3.63, 3.8) is 0 Å². The molecule has 1 amide bonds. The van der Waals surface area contributed by atoms with Gasteiger partial charge in [0.25, 0.3) is 0 Å². The van der Waals surface area contributed by atoms with Crippen LogP contribution in [0.1, 0.15) is 18.9 Å². The lowest BCUT2D eigenvalue weighted by Gasteiger charge is -2.21. The van der Waals surface area contributed by atoms with Crippen molar-refractivity contribution in [2.45, 2.75) is 32.2 Å². The molecule has 0 aromatic heterocycles. The molecule has 0 fully saturated rings. The third-order valence-corrected chi connectivity index (χ3v) is 3.14. The molecule has 128 valence electrons. The maximum atomic E-state index is 12.6. The Kier molecular flexibility index (Phi) is 6.87. The first-order valence-electron chi connectivity index (χ1n) is 6.85. The summed E-state index contributed by atoms with van der Waals surface area (Å²) >= 11 is 0. The number of alkyl carbamates (subject to hydrolysis) is 1. The lowest BCUT2D eigenvalue weighted by atomic mass is 10.0. The molecule has 0 aliphatic carbocycles. The standard InChI is InChI=1S/C15H18F3NO4/c1-10(15(16,17)18)8-12(13(20)22-2)19-14(21)23-9-11-6-4-3-5-7-11/h3-7,10,12H,8-9H2,1-2H3,(H,19,21)/t10-,12-/m0/s1. The van der Waals surface area contributed by atoms with E-state index in [2.05, 4.69) is 10.1 Å². The summed E-state index contributed by atoms with van der Waals surface area (Å²) < 4.78 is 47.1. The van der Waals surface area contributed by atoms with E-state index in [9.17, 15) is 22.8 Å². The molecule has 0 aliphatic heterocycles. The van der Waals surface area contributed by atoms with E-state index in [-0.39, 0.29) is 6.61 Å². The number of methoxy groups -OCH3 is 1. The molecule has 2 atom stereocenters. The second kappa shape index (κ2) is 8.40. The average Bonchev–Trinajstić information content (AvgIpc) is 2.51. The van der Waals surface area contributed by atoms with Crippen molar-refractivity contribution in [2.24, 2.45) is 5.92 Å². The average molecular weight is 333 g/mol. The van der Waals surface area contributed by atoms with Crippen LogP contribution in [0.3, 0.4) is 0 Å². The second-order valence-corrected chi connectivity index (χ2v) is 4.96. The Labute approximate surface area is 131 Å². The minimum atomic E-state index is -4.47. The van der Waals surface area contributed by atoms with Crippen LogP contribution < -0.4 is 5.32 Å². The Bertz CT molecular complexity index is 519. The number of esters is 1. The largest absolute Gasteiger partial charge is 0.467 e. The molecular formula is C15H18F3NO4.